The minimum absolute atomic E-state index is 0.132. The number of nitrogens with one attached hydrogen (secondary N) is 1. The van der Waals surface area contributed by atoms with Crippen LogP contribution < -0.4 is 4.72 Å². The van der Waals surface area contributed by atoms with Crippen LogP contribution >= 0.6 is 0 Å². The van der Waals surface area contributed by atoms with Gasteiger partial charge in [-0.3, -0.25) is 9.62 Å². The van der Waals surface area contributed by atoms with Crippen LogP contribution in [-0.4, -0.2) is 49.9 Å². The highest BCUT2D eigenvalue weighted by Gasteiger charge is 2.67. The van der Waals surface area contributed by atoms with Gasteiger partial charge in [0, 0.05) is 43.6 Å². The maximum atomic E-state index is 11.6. The number of hydrogen-bond acceptors (Lipinski definition) is 4. The summed E-state index contributed by atoms with van der Waals surface area (Å²) >= 11 is 0. The van der Waals surface area contributed by atoms with Crippen molar-refractivity contribution in [3.63, 3.8) is 0 Å². The Hall–Kier alpha value is -1.89. The molecule has 1 heterocycles. The zero-order chi connectivity index (χ0) is 21.1. The lowest BCUT2D eigenvalue weighted by Crippen LogP contribution is -2.45. The van der Waals surface area contributed by atoms with Crippen molar-refractivity contribution in [1.29, 1.82) is 0 Å². The summed E-state index contributed by atoms with van der Waals surface area (Å²) in [5.74, 6) is 1.15. The average molecular weight is 427 g/mol. The van der Waals surface area contributed by atoms with E-state index in [9.17, 15) is 13.5 Å². The van der Waals surface area contributed by atoms with E-state index < -0.39 is 15.6 Å². The first-order chi connectivity index (χ1) is 14.2. The Morgan fingerprint density at radius 1 is 1.07 bits per heavy atom. The van der Waals surface area contributed by atoms with Gasteiger partial charge in [0.1, 0.15) is 0 Å². The molecule has 5 nitrogen and oxygen atoms in total. The number of fused-ring (bicyclic) bond motifs is 2. The van der Waals surface area contributed by atoms with Crippen molar-refractivity contribution in [3.05, 3.63) is 65.2 Å². The van der Waals surface area contributed by atoms with Gasteiger partial charge in [-0.05, 0) is 47.1 Å². The molecule has 0 amide bonds. The first kappa shape index (κ1) is 20.0. The first-order valence-electron chi connectivity index (χ1n) is 10.8. The number of sulfonamides is 1. The second kappa shape index (κ2) is 6.81. The number of anilines is 1. The van der Waals surface area contributed by atoms with Gasteiger partial charge in [-0.2, -0.15) is 0 Å². The minimum atomic E-state index is -3.28. The molecule has 160 valence electrons. The van der Waals surface area contributed by atoms with E-state index in [1.54, 1.807) is 0 Å². The van der Waals surface area contributed by atoms with E-state index in [2.05, 4.69) is 46.9 Å². The highest BCUT2D eigenvalue weighted by atomic mass is 32.2. The van der Waals surface area contributed by atoms with Crippen molar-refractivity contribution in [3.8, 4) is 0 Å². The molecule has 6 heteroatoms. The molecule has 3 aliphatic rings. The Labute approximate surface area is 179 Å². The van der Waals surface area contributed by atoms with E-state index in [0.717, 1.165) is 38.9 Å². The van der Waals surface area contributed by atoms with Crippen LogP contribution in [0.3, 0.4) is 0 Å². The summed E-state index contributed by atoms with van der Waals surface area (Å²) in [4.78, 5) is 2.44. The fourth-order valence-corrected chi connectivity index (χ4v) is 6.94. The normalized spacial score (nSPS) is 29.4. The van der Waals surface area contributed by atoms with Crippen LogP contribution in [0.5, 0.6) is 0 Å². The molecule has 1 saturated carbocycles. The number of likely N-dealkylation sites (tertiary alicyclic amines) is 1. The van der Waals surface area contributed by atoms with Crippen LogP contribution in [0.25, 0.3) is 0 Å². The summed E-state index contributed by atoms with van der Waals surface area (Å²) in [7, 11) is -3.28. The van der Waals surface area contributed by atoms with E-state index in [0.29, 0.717) is 17.5 Å². The molecule has 30 heavy (non-hydrogen) atoms. The molecule has 0 unspecified atom stereocenters. The predicted octanol–water partition coefficient (Wildman–Crippen LogP) is 2.80. The average Bonchev–Trinajstić information content (AvgIpc) is 2.95. The Morgan fingerprint density at radius 2 is 1.70 bits per heavy atom. The van der Waals surface area contributed by atoms with Crippen LogP contribution in [0.15, 0.2) is 48.5 Å². The lowest BCUT2D eigenvalue weighted by molar-refractivity contribution is 0.0139. The molecular formula is C24H30N2O3S. The SMILES string of the molecule is CC[C@]1(c2cccc(NS(C)(=O)=O)c2)[C@@H]2CN(CC3(O)Cc4ccccc4C3)C[C@@H]21. The number of aliphatic hydroxyl groups is 1. The lowest BCUT2D eigenvalue weighted by atomic mass is 9.87. The van der Waals surface area contributed by atoms with Gasteiger partial charge in [-0.15, -0.1) is 0 Å². The van der Waals surface area contributed by atoms with Crippen LogP contribution in [0.1, 0.15) is 30.0 Å². The van der Waals surface area contributed by atoms with Crippen molar-refractivity contribution in [1.82, 2.24) is 4.90 Å². The van der Waals surface area contributed by atoms with Crippen molar-refractivity contribution in [2.45, 2.75) is 37.2 Å². The van der Waals surface area contributed by atoms with Crippen LogP contribution in [0.2, 0.25) is 0 Å². The minimum Gasteiger partial charge on any atom is -0.388 e. The van der Waals surface area contributed by atoms with Crippen molar-refractivity contribution < 1.29 is 13.5 Å². The Bertz CT molecular complexity index is 1040. The largest absolute Gasteiger partial charge is 0.388 e. The number of piperidine rings is 1. The molecule has 1 saturated heterocycles. The van der Waals surface area contributed by atoms with Crippen LogP contribution in [-0.2, 0) is 28.3 Å². The number of nitrogens with zero attached hydrogens (tertiary/aromatic N) is 1. The van der Waals surface area contributed by atoms with Crippen molar-refractivity contribution in [2.24, 2.45) is 11.8 Å². The summed E-state index contributed by atoms with van der Waals surface area (Å²) in [6.07, 6.45) is 3.72. The maximum Gasteiger partial charge on any atom is 0.229 e. The molecule has 2 aromatic carbocycles. The Morgan fingerprint density at radius 3 is 2.27 bits per heavy atom. The molecular weight excluding hydrogens is 396 g/mol. The van der Waals surface area contributed by atoms with Crippen molar-refractivity contribution >= 4 is 15.7 Å². The molecule has 0 radical (unpaired) electrons. The van der Waals surface area contributed by atoms with Gasteiger partial charge in [0.15, 0.2) is 0 Å². The zero-order valence-corrected chi connectivity index (χ0v) is 18.5. The number of β-amino-alcohol motifs (C(OH)–C–C–N with tert-alkyl or cyclic N) is 1. The summed E-state index contributed by atoms with van der Waals surface area (Å²) < 4.78 is 25.9. The fraction of sp³-hybridized carbons (Fsp3) is 0.500. The zero-order valence-electron chi connectivity index (χ0n) is 17.6. The van der Waals surface area contributed by atoms with Gasteiger partial charge in [-0.25, -0.2) is 8.42 Å². The Kier molecular flexibility index (Phi) is 4.55. The quantitative estimate of drug-likeness (QED) is 0.745. The third-order valence-electron chi connectivity index (χ3n) is 7.57. The molecule has 2 aliphatic carbocycles. The highest BCUT2D eigenvalue weighted by Crippen LogP contribution is 2.65. The third kappa shape index (κ3) is 3.35. The van der Waals surface area contributed by atoms with Gasteiger partial charge in [0.2, 0.25) is 10.0 Å². The molecule has 5 rings (SSSR count). The van der Waals surface area contributed by atoms with Crippen LogP contribution in [0.4, 0.5) is 5.69 Å². The van der Waals surface area contributed by atoms with Gasteiger partial charge in [0.05, 0.1) is 11.9 Å². The first-order valence-corrected chi connectivity index (χ1v) is 12.7. The van der Waals surface area contributed by atoms with Crippen LogP contribution in [0, 0.1) is 11.8 Å². The maximum absolute atomic E-state index is 11.6. The number of benzene rings is 2. The molecule has 0 aromatic heterocycles. The van der Waals surface area contributed by atoms with Gasteiger partial charge >= 0.3 is 0 Å². The molecule has 2 fully saturated rings. The number of hydrogen-bond donors (Lipinski definition) is 2. The smallest absolute Gasteiger partial charge is 0.229 e. The highest BCUT2D eigenvalue weighted by molar-refractivity contribution is 7.92. The Balaban J connectivity index is 1.28. The summed E-state index contributed by atoms with van der Waals surface area (Å²) in [6.45, 7) is 4.96. The molecule has 0 bridgehead atoms. The van der Waals surface area contributed by atoms with Gasteiger partial charge < -0.3 is 5.11 Å². The molecule has 0 spiro atoms. The van der Waals surface area contributed by atoms with Gasteiger partial charge in [-0.1, -0.05) is 43.3 Å². The number of rotatable bonds is 6. The molecule has 1 aliphatic heterocycles. The summed E-state index contributed by atoms with van der Waals surface area (Å²) in [6, 6.07) is 16.3. The summed E-state index contributed by atoms with van der Waals surface area (Å²) in [5.41, 5.74) is 3.91. The molecule has 3 atom stereocenters. The van der Waals surface area contributed by atoms with Gasteiger partial charge in [0.25, 0.3) is 0 Å². The fourth-order valence-electron chi connectivity index (χ4n) is 6.39. The van der Waals surface area contributed by atoms with Crippen molar-refractivity contribution in [2.75, 3.05) is 30.6 Å². The monoisotopic (exact) mass is 426 g/mol. The van der Waals surface area contributed by atoms with E-state index >= 15 is 0 Å². The second-order valence-corrected chi connectivity index (χ2v) is 11.4. The molecule has 2 N–H and O–H groups in total. The second-order valence-electron chi connectivity index (χ2n) is 9.60. The van der Waals surface area contributed by atoms with E-state index in [1.807, 2.05) is 18.2 Å². The topological polar surface area (TPSA) is 69.6 Å². The third-order valence-corrected chi connectivity index (χ3v) is 8.18. The van der Waals surface area contributed by atoms with E-state index in [-0.39, 0.29) is 5.41 Å². The standard InChI is InChI=1S/C24H30N2O3S/c1-3-24(19-9-6-10-20(11-19)25-30(2,28)29)21-14-26(15-22(21)24)16-23(27)12-17-7-4-5-8-18(17)13-23/h4-11,21-22,25,27H,3,12-16H2,1-2H3/t21-,22+,24+. The van der Waals surface area contributed by atoms with E-state index in [4.69, 9.17) is 0 Å². The predicted molar refractivity (Wildman–Crippen MR) is 119 cm³/mol. The molecule has 2 aromatic rings. The summed E-state index contributed by atoms with van der Waals surface area (Å²) in [5, 5.41) is 11.2. The lowest BCUT2D eigenvalue weighted by Gasteiger charge is -2.32. The van der Waals surface area contributed by atoms with E-state index in [1.165, 1.54) is 22.9 Å².